The van der Waals surface area contributed by atoms with E-state index in [-0.39, 0.29) is 18.1 Å². The molecule has 18 heavy (non-hydrogen) atoms. The van der Waals surface area contributed by atoms with Gasteiger partial charge in [0.15, 0.2) is 0 Å². The normalized spacial score (nSPS) is 24.3. The molecule has 2 atom stereocenters. The molecule has 1 aliphatic heterocycles. The Bertz CT molecular complexity index is 256. The second-order valence-corrected chi connectivity index (χ2v) is 5.54. The summed E-state index contributed by atoms with van der Waals surface area (Å²) >= 11 is 0. The van der Waals surface area contributed by atoms with Gasteiger partial charge in [-0.1, -0.05) is 33.6 Å². The number of nitrogens with one attached hydrogen (secondary N) is 1. The highest BCUT2D eigenvalue weighted by Gasteiger charge is 2.35. The molecule has 1 heterocycles. The van der Waals surface area contributed by atoms with Crippen LogP contribution < -0.4 is 5.32 Å². The van der Waals surface area contributed by atoms with Gasteiger partial charge in [0.2, 0.25) is 5.91 Å². The number of unbranched alkanes of at least 4 members (excludes halogenated alkanes) is 1. The first-order valence-electron chi connectivity index (χ1n) is 7.20. The van der Waals surface area contributed by atoms with Crippen LogP contribution in [0.5, 0.6) is 0 Å². The van der Waals surface area contributed by atoms with Crippen LogP contribution in [0.4, 0.5) is 0 Å². The molecule has 0 aromatic rings. The molecule has 106 valence electrons. The molecule has 0 aromatic heterocycles. The Morgan fingerprint density at radius 1 is 1.44 bits per heavy atom. The number of ether oxygens (including phenoxy) is 1. The van der Waals surface area contributed by atoms with E-state index in [0.29, 0.717) is 19.1 Å². The van der Waals surface area contributed by atoms with Crippen molar-refractivity contribution in [3.8, 4) is 0 Å². The molecule has 0 radical (unpaired) electrons. The Balaban J connectivity index is 2.30. The lowest BCUT2D eigenvalue weighted by molar-refractivity contribution is -0.130. The first-order chi connectivity index (χ1) is 8.56. The molecule has 0 saturated carbocycles. The van der Waals surface area contributed by atoms with E-state index in [0.717, 1.165) is 25.9 Å². The SMILES string of the molecule is CCCCC1NC(C)N(CCOCC(C)C)C1=O. The van der Waals surface area contributed by atoms with Gasteiger partial charge in [-0.15, -0.1) is 0 Å². The van der Waals surface area contributed by atoms with Crippen molar-refractivity contribution in [3.05, 3.63) is 0 Å². The fraction of sp³-hybridized carbons (Fsp3) is 0.929. The second-order valence-electron chi connectivity index (χ2n) is 5.54. The third-order valence-corrected chi connectivity index (χ3v) is 3.27. The van der Waals surface area contributed by atoms with Gasteiger partial charge >= 0.3 is 0 Å². The van der Waals surface area contributed by atoms with Crippen LogP contribution in [0.25, 0.3) is 0 Å². The summed E-state index contributed by atoms with van der Waals surface area (Å²) in [5, 5.41) is 3.36. The van der Waals surface area contributed by atoms with Gasteiger partial charge in [-0.05, 0) is 19.3 Å². The number of hydrogen-bond donors (Lipinski definition) is 1. The fourth-order valence-corrected chi connectivity index (χ4v) is 2.24. The third-order valence-electron chi connectivity index (χ3n) is 3.27. The topological polar surface area (TPSA) is 41.6 Å². The van der Waals surface area contributed by atoms with Crippen LogP contribution in [0.2, 0.25) is 0 Å². The average molecular weight is 256 g/mol. The zero-order valence-electron chi connectivity index (χ0n) is 12.2. The van der Waals surface area contributed by atoms with Crippen molar-refractivity contribution in [2.24, 2.45) is 5.92 Å². The molecule has 1 aliphatic rings. The lowest BCUT2D eigenvalue weighted by Crippen LogP contribution is -2.37. The minimum atomic E-state index is 0.0186. The standard InChI is InChI=1S/C14H28N2O2/c1-5-6-7-13-14(17)16(12(4)15-13)8-9-18-10-11(2)3/h11-13,15H,5-10H2,1-4H3. The summed E-state index contributed by atoms with van der Waals surface area (Å²) in [7, 11) is 0. The summed E-state index contributed by atoms with van der Waals surface area (Å²) in [5.41, 5.74) is 0. The molecule has 4 heteroatoms. The first-order valence-corrected chi connectivity index (χ1v) is 7.20. The highest BCUT2D eigenvalue weighted by Crippen LogP contribution is 2.14. The van der Waals surface area contributed by atoms with Gasteiger partial charge in [0.05, 0.1) is 18.8 Å². The molecule has 0 aliphatic carbocycles. The zero-order chi connectivity index (χ0) is 13.5. The maximum atomic E-state index is 12.2. The largest absolute Gasteiger partial charge is 0.379 e. The average Bonchev–Trinajstić information content (AvgIpc) is 2.58. The van der Waals surface area contributed by atoms with Gasteiger partial charge in [-0.25, -0.2) is 0 Å². The molecular formula is C14H28N2O2. The monoisotopic (exact) mass is 256 g/mol. The third kappa shape index (κ3) is 4.58. The van der Waals surface area contributed by atoms with Crippen molar-refractivity contribution in [1.82, 2.24) is 10.2 Å². The Kier molecular flexibility index (Phi) is 6.65. The van der Waals surface area contributed by atoms with E-state index >= 15 is 0 Å². The van der Waals surface area contributed by atoms with Gasteiger partial charge in [0, 0.05) is 13.2 Å². The van der Waals surface area contributed by atoms with Gasteiger partial charge < -0.3 is 9.64 Å². The molecule has 1 saturated heterocycles. The summed E-state index contributed by atoms with van der Waals surface area (Å²) < 4.78 is 5.55. The van der Waals surface area contributed by atoms with Crippen LogP contribution in [-0.2, 0) is 9.53 Å². The van der Waals surface area contributed by atoms with Crippen molar-refractivity contribution in [2.75, 3.05) is 19.8 Å². The van der Waals surface area contributed by atoms with Gasteiger partial charge in [-0.2, -0.15) is 0 Å². The van der Waals surface area contributed by atoms with E-state index in [1.807, 2.05) is 11.8 Å². The molecule has 2 unspecified atom stereocenters. The molecule has 1 N–H and O–H groups in total. The zero-order valence-corrected chi connectivity index (χ0v) is 12.2. The minimum Gasteiger partial charge on any atom is -0.379 e. The molecular weight excluding hydrogens is 228 g/mol. The quantitative estimate of drug-likeness (QED) is 0.675. The number of carbonyl (C=O) groups excluding carboxylic acids is 1. The van der Waals surface area contributed by atoms with Gasteiger partial charge in [-0.3, -0.25) is 10.1 Å². The summed E-state index contributed by atoms with van der Waals surface area (Å²) in [6.07, 6.45) is 3.33. The summed E-state index contributed by atoms with van der Waals surface area (Å²) in [4.78, 5) is 14.1. The maximum Gasteiger partial charge on any atom is 0.241 e. The maximum absolute atomic E-state index is 12.2. The van der Waals surface area contributed by atoms with Crippen molar-refractivity contribution >= 4 is 5.91 Å². The van der Waals surface area contributed by atoms with E-state index in [1.165, 1.54) is 0 Å². The van der Waals surface area contributed by atoms with Crippen molar-refractivity contribution < 1.29 is 9.53 Å². The molecule has 1 fully saturated rings. The second kappa shape index (κ2) is 7.74. The highest BCUT2D eigenvalue weighted by molar-refractivity contribution is 5.84. The molecule has 1 rings (SSSR count). The number of carbonyl (C=O) groups is 1. The number of rotatable bonds is 8. The van der Waals surface area contributed by atoms with Crippen LogP contribution in [0.3, 0.4) is 0 Å². The lowest BCUT2D eigenvalue weighted by Gasteiger charge is -2.20. The van der Waals surface area contributed by atoms with E-state index in [4.69, 9.17) is 4.74 Å². The van der Waals surface area contributed by atoms with Crippen molar-refractivity contribution in [3.63, 3.8) is 0 Å². The lowest BCUT2D eigenvalue weighted by atomic mass is 10.1. The van der Waals surface area contributed by atoms with Gasteiger partial charge in [0.25, 0.3) is 0 Å². The Morgan fingerprint density at radius 2 is 2.17 bits per heavy atom. The molecule has 0 spiro atoms. The van der Waals surface area contributed by atoms with Crippen LogP contribution in [0, 0.1) is 5.92 Å². The van der Waals surface area contributed by atoms with E-state index < -0.39 is 0 Å². The number of nitrogens with zero attached hydrogens (tertiary/aromatic N) is 1. The molecule has 0 bridgehead atoms. The molecule has 1 amide bonds. The Labute approximate surface area is 111 Å². The van der Waals surface area contributed by atoms with Crippen molar-refractivity contribution in [2.45, 2.75) is 59.2 Å². The first kappa shape index (κ1) is 15.4. The smallest absolute Gasteiger partial charge is 0.241 e. The predicted octanol–water partition coefficient (Wildman–Crippen LogP) is 2.00. The summed E-state index contributed by atoms with van der Waals surface area (Å²) in [6, 6.07) is 0.0186. The minimum absolute atomic E-state index is 0.0186. The van der Waals surface area contributed by atoms with Crippen LogP contribution >= 0.6 is 0 Å². The fourth-order valence-electron chi connectivity index (χ4n) is 2.24. The van der Waals surface area contributed by atoms with Crippen LogP contribution in [0.15, 0.2) is 0 Å². The van der Waals surface area contributed by atoms with E-state index in [9.17, 15) is 4.79 Å². The highest BCUT2D eigenvalue weighted by atomic mass is 16.5. The Hall–Kier alpha value is -0.610. The Morgan fingerprint density at radius 3 is 2.78 bits per heavy atom. The van der Waals surface area contributed by atoms with Gasteiger partial charge in [0.1, 0.15) is 0 Å². The van der Waals surface area contributed by atoms with Crippen molar-refractivity contribution in [1.29, 1.82) is 0 Å². The van der Waals surface area contributed by atoms with E-state index in [2.05, 4.69) is 26.1 Å². The summed E-state index contributed by atoms with van der Waals surface area (Å²) in [5.74, 6) is 0.788. The van der Waals surface area contributed by atoms with Crippen LogP contribution in [0.1, 0.15) is 47.0 Å². The van der Waals surface area contributed by atoms with Crippen LogP contribution in [-0.4, -0.2) is 42.8 Å². The predicted molar refractivity (Wildman–Crippen MR) is 73.3 cm³/mol. The van der Waals surface area contributed by atoms with E-state index in [1.54, 1.807) is 0 Å². The number of hydrogen-bond acceptors (Lipinski definition) is 3. The molecule has 4 nitrogen and oxygen atoms in total. The summed E-state index contributed by atoms with van der Waals surface area (Å²) in [6.45, 7) is 10.6. The number of amides is 1. The molecule has 0 aromatic carbocycles.